The zero-order valence-corrected chi connectivity index (χ0v) is 20.9. The number of hydrogen-bond donors (Lipinski definition) is 0. The van der Waals surface area contributed by atoms with Crippen LogP contribution in [-0.2, 0) is 0 Å². The van der Waals surface area contributed by atoms with Gasteiger partial charge >= 0.3 is 0 Å². The monoisotopic (exact) mass is 480 g/mol. The predicted molar refractivity (Wildman–Crippen MR) is 165 cm³/mol. The summed E-state index contributed by atoms with van der Waals surface area (Å²) >= 11 is 0. The van der Waals surface area contributed by atoms with Gasteiger partial charge in [0.1, 0.15) is 0 Å². The standard InChI is InChI=1S/C38H24/c1-2-12-26(13-3-1)37-30-16-6-8-18-32(30)38(33-19-9-7-17-31(33)37)34-20-10-14-27-23-35-28(24-36(27)34)22-21-25-11-4-5-15-29(25)35/h1-24H. The van der Waals surface area contributed by atoms with Gasteiger partial charge in [0.2, 0.25) is 0 Å². The van der Waals surface area contributed by atoms with Gasteiger partial charge in [0.15, 0.2) is 0 Å². The molecule has 0 aliphatic heterocycles. The van der Waals surface area contributed by atoms with Gasteiger partial charge in [0.05, 0.1) is 0 Å². The highest BCUT2D eigenvalue weighted by Crippen LogP contribution is 2.45. The second-order valence-electron chi connectivity index (χ2n) is 10.1. The lowest BCUT2D eigenvalue weighted by Crippen LogP contribution is -1.91. The minimum absolute atomic E-state index is 1.25. The highest BCUT2D eigenvalue weighted by atomic mass is 14.2. The predicted octanol–water partition coefficient (Wildman–Crippen LogP) is 10.8. The average molecular weight is 481 g/mol. The summed E-state index contributed by atoms with van der Waals surface area (Å²) in [4.78, 5) is 0. The Kier molecular flexibility index (Phi) is 4.62. The highest BCUT2D eigenvalue weighted by molar-refractivity contribution is 6.24. The minimum Gasteiger partial charge on any atom is -0.0622 e. The molecule has 0 heterocycles. The molecule has 0 fully saturated rings. The molecule has 0 saturated carbocycles. The van der Waals surface area contributed by atoms with Crippen LogP contribution in [0.5, 0.6) is 0 Å². The van der Waals surface area contributed by atoms with Crippen LogP contribution in [-0.4, -0.2) is 0 Å². The van der Waals surface area contributed by atoms with Gasteiger partial charge in [-0.3, -0.25) is 0 Å². The summed E-state index contributed by atoms with van der Waals surface area (Å²) in [5.74, 6) is 0. The SMILES string of the molecule is c1ccc(-c2c3ccccc3c(-c3cccc4cc5c(ccc6ccccc65)cc34)c3ccccc23)cc1. The van der Waals surface area contributed by atoms with Crippen LogP contribution in [0.4, 0.5) is 0 Å². The third-order valence-electron chi connectivity index (χ3n) is 8.01. The fraction of sp³-hybridized carbons (Fsp3) is 0. The van der Waals surface area contributed by atoms with E-state index in [1.807, 2.05) is 0 Å². The molecule has 0 aliphatic carbocycles. The Morgan fingerprint density at radius 1 is 0.263 bits per heavy atom. The van der Waals surface area contributed by atoms with Crippen molar-refractivity contribution in [2.75, 3.05) is 0 Å². The molecule has 38 heavy (non-hydrogen) atoms. The lowest BCUT2D eigenvalue weighted by molar-refractivity contribution is 1.66. The Morgan fingerprint density at radius 2 is 0.763 bits per heavy atom. The molecule has 8 aromatic carbocycles. The zero-order valence-electron chi connectivity index (χ0n) is 20.9. The van der Waals surface area contributed by atoms with E-state index < -0.39 is 0 Å². The van der Waals surface area contributed by atoms with Gasteiger partial charge in [0, 0.05) is 0 Å². The lowest BCUT2D eigenvalue weighted by Gasteiger charge is -2.19. The van der Waals surface area contributed by atoms with E-state index in [2.05, 4.69) is 146 Å². The molecule has 0 nitrogen and oxygen atoms in total. The molecule has 8 rings (SSSR count). The lowest BCUT2D eigenvalue weighted by atomic mass is 9.84. The fourth-order valence-electron chi connectivity index (χ4n) is 6.33. The Hall–Kier alpha value is -4.94. The maximum Gasteiger partial charge on any atom is -0.00201 e. The molecule has 0 radical (unpaired) electrons. The number of hydrogen-bond acceptors (Lipinski definition) is 0. The van der Waals surface area contributed by atoms with Crippen molar-refractivity contribution in [3.8, 4) is 22.3 Å². The van der Waals surface area contributed by atoms with Crippen molar-refractivity contribution in [2.24, 2.45) is 0 Å². The van der Waals surface area contributed by atoms with E-state index >= 15 is 0 Å². The first-order valence-electron chi connectivity index (χ1n) is 13.2. The molecule has 0 saturated heterocycles. The van der Waals surface area contributed by atoms with Gasteiger partial charge in [-0.15, -0.1) is 0 Å². The fourth-order valence-corrected chi connectivity index (χ4v) is 6.33. The van der Waals surface area contributed by atoms with E-state index in [0.717, 1.165) is 0 Å². The molecule has 0 aromatic heterocycles. The van der Waals surface area contributed by atoms with Crippen molar-refractivity contribution in [3.05, 3.63) is 146 Å². The molecule has 0 amide bonds. The van der Waals surface area contributed by atoms with Gasteiger partial charge in [-0.25, -0.2) is 0 Å². The van der Waals surface area contributed by atoms with E-state index in [9.17, 15) is 0 Å². The Bertz CT molecular complexity index is 2110. The molecular formula is C38H24. The highest BCUT2D eigenvalue weighted by Gasteiger charge is 2.18. The first kappa shape index (κ1) is 21.2. The summed E-state index contributed by atoms with van der Waals surface area (Å²) in [6, 6.07) is 53.3. The summed E-state index contributed by atoms with van der Waals surface area (Å²) in [5.41, 5.74) is 5.14. The van der Waals surface area contributed by atoms with Gasteiger partial charge < -0.3 is 0 Å². The van der Waals surface area contributed by atoms with E-state index in [1.54, 1.807) is 0 Å². The minimum atomic E-state index is 1.25. The first-order chi connectivity index (χ1) is 18.9. The van der Waals surface area contributed by atoms with Crippen LogP contribution < -0.4 is 0 Å². The van der Waals surface area contributed by atoms with Crippen molar-refractivity contribution in [3.63, 3.8) is 0 Å². The second kappa shape index (κ2) is 8.30. The van der Waals surface area contributed by atoms with Crippen molar-refractivity contribution in [1.29, 1.82) is 0 Å². The molecule has 0 atom stereocenters. The number of rotatable bonds is 2. The van der Waals surface area contributed by atoms with Crippen LogP contribution in [0.15, 0.2) is 146 Å². The van der Waals surface area contributed by atoms with Crippen molar-refractivity contribution in [1.82, 2.24) is 0 Å². The first-order valence-corrected chi connectivity index (χ1v) is 13.2. The summed E-state index contributed by atoms with van der Waals surface area (Å²) in [5, 5.41) is 12.9. The van der Waals surface area contributed by atoms with Gasteiger partial charge in [-0.2, -0.15) is 0 Å². The summed E-state index contributed by atoms with van der Waals surface area (Å²) in [6.07, 6.45) is 0. The molecule has 0 unspecified atom stereocenters. The molecule has 0 bridgehead atoms. The van der Waals surface area contributed by atoms with Crippen molar-refractivity contribution >= 4 is 53.9 Å². The maximum atomic E-state index is 2.39. The van der Waals surface area contributed by atoms with Gasteiger partial charge in [-0.1, -0.05) is 133 Å². The zero-order chi connectivity index (χ0) is 25.1. The van der Waals surface area contributed by atoms with Crippen LogP contribution >= 0.6 is 0 Å². The smallest absolute Gasteiger partial charge is 0.00201 e. The third kappa shape index (κ3) is 3.11. The number of benzene rings is 8. The average Bonchev–Trinajstić information content (AvgIpc) is 2.99. The Labute approximate surface area is 221 Å². The molecule has 0 spiro atoms. The van der Waals surface area contributed by atoms with Crippen LogP contribution in [0.25, 0.3) is 76.1 Å². The Morgan fingerprint density at radius 3 is 1.47 bits per heavy atom. The molecule has 176 valence electrons. The van der Waals surface area contributed by atoms with Crippen LogP contribution in [0.1, 0.15) is 0 Å². The van der Waals surface area contributed by atoms with Gasteiger partial charge in [0.25, 0.3) is 0 Å². The van der Waals surface area contributed by atoms with E-state index in [4.69, 9.17) is 0 Å². The van der Waals surface area contributed by atoms with Crippen molar-refractivity contribution in [2.45, 2.75) is 0 Å². The summed E-state index contributed by atoms with van der Waals surface area (Å²) in [6.45, 7) is 0. The molecular weight excluding hydrogens is 456 g/mol. The largest absolute Gasteiger partial charge is 0.0622 e. The molecule has 0 N–H and O–H groups in total. The second-order valence-corrected chi connectivity index (χ2v) is 10.1. The quantitative estimate of drug-likeness (QED) is 0.170. The van der Waals surface area contributed by atoms with E-state index in [1.165, 1.54) is 76.1 Å². The summed E-state index contributed by atoms with van der Waals surface area (Å²) in [7, 11) is 0. The van der Waals surface area contributed by atoms with E-state index in [-0.39, 0.29) is 0 Å². The third-order valence-corrected chi connectivity index (χ3v) is 8.01. The van der Waals surface area contributed by atoms with Crippen LogP contribution in [0, 0.1) is 0 Å². The van der Waals surface area contributed by atoms with Crippen LogP contribution in [0.2, 0.25) is 0 Å². The van der Waals surface area contributed by atoms with Crippen molar-refractivity contribution < 1.29 is 0 Å². The maximum absolute atomic E-state index is 2.39. The Balaban J connectivity index is 1.52. The van der Waals surface area contributed by atoms with Crippen LogP contribution in [0.3, 0.4) is 0 Å². The molecule has 0 aliphatic rings. The van der Waals surface area contributed by atoms with E-state index in [0.29, 0.717) is 0 Å². The number of fused-ring (bicyclic) bond motifs is 6. The normalized spacial score (nSPS) is 11.7. The van der Waals surface area contributed by atoms with Gasteiger partial charge in [-0.05, 0) is 88.2 Å². The molecule has 0 heteroatoms. The summed E-state index contributed by atoms with van der Waals surface area (Å²) < 4.78 is 0. The molecule has 8 aromatic rings. The topological polar surface area (TPSA) is 0 Å².